The number of halogens is 1. The van der Waals surface area contributed by atoms with Gasteiger partial charge in [0.15, 0.2) is 0 Å². The zero-order chi connectivity index (χ0) is 14.0. The first-order valence-corrected chi connectivity index (χ1v) is 7.45. The number of carbonyl (C=O) groups is 1. The van der Waals surface area contributed by atoms with Crippen LogP contribution in [0.5, 0.6) is 0 Å². The van der Waals surface area contributed by atoms with Gasteiger partial charge in [-0.05, 0) is 11.4 Å². The van der Waals surface area contributed by atoms with E-state index in [0.29, 0.717) is 0 Å². The number of thiophene rings is 1. The molecule has 0 saturated carbocycles. The number of aromatic carboxylic acids is 1. The number of rotatable bonds is 4. The number of nitrogens with one attached hydrogen (secondary N) is 1. The van der Waals surface area contributed by atoms with Crippen molar-refractivity contribution in [3.8, 4) is 0 Å². The Morgan fingerprint density at radius 1 is 1.42 bits per heavy atom. The average Bonchev–Trinajstić information content (AvgIpc) is 2.77. The summed E-state index contributed by atoms with van der Waals surface area (Å²) in [5.41, 5.74) is 0. The van der Waals surface area contributed by atoms with Crippen molar-refractivity contribution in [1.29, 1.82) is 0 Å². The molecule has 7 nitrogen and oxygen atoms in total. The summed E-state index contributed by atoms with van der Waals surface area (Å²) in [6, 6.07) is 2.42. The lowest BCUT2D eigenvalue weighted by molar-refractivity contribution is 0.0698. The second-order valence-electron chi connectivity index (χ2n) is 3.25. The zero-order valence-corrected chi connectivity index (χ0v) is 11.5. The number of anilines is 1. The van der Waals surface area contributed by atoms with Crippen molar-refractivity contribution in [1.82, 2.24) is 9.97 Å². The van der Waals surface area contributed by atoms with Gasteiger partial charge in [0.05, 0.1) is 0 Å². The van der Waals surface area contributed by atoms with Crippen LogP contribution >= 0.6 is 22.9 Å². The van der Waals surface area contributed by atoms with Crippen LogP contribution < -0.4 is 4.72 Å². The van der Waals surface area contributed by atoms with Crippen LogP contribution in [0.25, 0.3) is 0 Å². The van der Waals surface area contributed by atoms with Gasteiger partial charge in [0.25, 0.3) is 10.0 Å². The molecule has 0 fully saturated rings. The fraction of sp³-hybridized carbons (Fsp3) is 0. The molecule has 0 aromatic carbocycles. The van der Waals surface area contributed by atoms with Crippen LogP contribution in [-0.2, 0) is 10.0 Å². The summed E-state index contributed by atoms with van der Waals surface area (Å²) >= 11 is 6.42. The van der Waals surface area contributed by atoms with E-state index in [0.717, 1.165) is 17.7 Å². The first-order chi connectivity index (χ1) is 8.90. The third-order valence-electron chi connectivity index (χ3n) is 1.99. The highest BCUT2D eigenvalue weighted by atomic mass is 35.5. The molecular weight excluding hydrogens is 314 g/mol. The highest BCUT2D eigenvalue weighted by Gasteiger charge is 2.24. The maximum Gasteiger partial charge on any atom is 0.347 e. The minimum atomic E-state index is -4.03. The molecule has 0 bridgehead atoms. The second kappa shape index (κ2) is 5.11. The number of nitrogens with zero attached hydrogens (tertiary/aromatic N) is 2. The van der Waals surface area contributed by atoms with Gasteiger partial charge in [-0.15, -0.1) is 11.3 Å². The number of sulfonamides is 1. The molecule has 0 saturated heterocycles. The molecular formula is C9H6ClN3O4S2. The Balaban J connectivity index is 2.38. The Bertz CT molecular complexity index is 729. The van der Waals surface area contributed by atoms with Gasteiger partial charge in [-0.3, -0.25) is 4.72 Å². The molecule has 0 aliphatic heterocycles. The number of hydrogen-bond acceptors (Lipinski definition) is 6. The Morgan fingerprint density at radius 2 is 2.16 bits per heavy atom. The molecule has 2 N–H and O–H groups in total. The molecule has 10 heteroatoms. The van der Waals surface area contributed by atoms with E-state index in [1.165, 1.54) is 17.5 Å². The van der Waals surface area contributed by atoms with Crippen molar-refractivity contribution in [3.63, 3.8) is 0 Å². The van der Waals surface area contributed by atoms with Crippen LogP contribution in [0.2, 0.25) is 5.15 Å². The third kappa shape index (κ3) is 3.00. The molecule has 100 valence electrons. The summed E-state index contributed by atoms with van der Waals surface area (Å²) in [5.74, 6) is -1.35. The van der Waals surface area contributed by atoms with Gasteiger partial charge in [0.2, 0.25) is 0 Å². The van der Waals surface area contributed by atoms with Crippen LogP contribution in [0, 0.1) is 0 Å². The normalized spacial score (nSPS) is 11.2. The monoisotopic (exact) mass is 319 g/mol. The molecule has 0 spiro atoms. The van der Waals surface area contributed by atoms with Gasteiger partial charge in [0, 0.05) is 6.07 Å². The highest BCUT2D eigenvalue weighted by molar-refractivity contribution is 7.93. The predicted molar refractivity (Wildman–Crippen MR) is 69.1 cm³/mol. The highest BCUT2D eigenvalue weighted by Crippen LogP contribution is 2.24. The van der Waals surface area contributed by atoms with Crippen LogP contribution in [0.4, 0.5) is 5.82 Å². The smallest absolute Gasteiger partial charge is 0.347 e. The van der Waals surface area contributed by atoms with Crippen molar-refractivity contribution < 1.29 is 18.3 Å². The Morgan fingerprint density at radius 3 is 2.79 bits per heavy atom. The number of aromatic nitrogens is 2. The summed E-state index contributed by atoms with van der Waals surface area (Å²) in [5, 5.41) is 10.3. The Hall–Kier alpha value is -1.71. The van der Waals surface area contributed by atoms with Crippen molar-refractivity contribution >= 4 is 44.7 Å². The van der Waals surface area contributed by atoms with E-state index < -0.39 is 16.0 Å². The van der Waals surface area contributed by atoms with E-state index in [9.17, 15) is 13.2 Å². The lowest BCUT2D eigenvalue weighted by Gasteiger charge is -2.06. The summed E-state index contributed by atoms with van der Waals surface area (Å²) in [7, 11) is -4.03. The first-order valence-electron chi connectivity index (χ1n) is 4.71. The van der Waals surface area contributed by atoms with Gasteiger partial charge in [-0.2, -0.15) is 0 Å². The molecule has 2 aromatic rings. The van der Waals surface area contributed by atoms with E-state index >= 15 is 0 Å². The number of carboxylic acids is 1. The Labute approximate surface area is 117 Å². The maximum atomic E-state index is 12.0. The SMILES string of the molecule is O=C(O)c1sccc1S(=O)(=O)Nc1cc(Cl)ncn1. The van der Waals surface area contributed by atoms with E-state index in [2.05, 4.69) is 14.7 Å². The van der Waals surface area contributed by atoms with Gasteiger partial charge in [0.1, 0.15) is 27.1 Å². The van der Waals surface area contributed by atoms with E-state index in [1.807, 2.05) is 0 Å². The minimum Gasteiger partial charge on any atom is -0.477 e. The molecule has 2 heterocycles. The van der Waals surface area contributed by atoms with E-state index in [4.69, 9.17) is 16.7 Å². The van der Waals surface area contributed by atoms with Crippen molar-refractivity contribution in [2.24, 2.45) is 0 Å². The largest absolute Gasteiger partial charge is 0.477 e. The van der Waals surface area contributed by atoms with E-state index in [-0.39, 0.29) is 20.7 Å². The lowest BCUT2D eigenvalue weighted by atomic mass is 10.5. The fourth-order valence-corrected chi connectivity index (χ4v) is 3.65. The molecule has 0 aliphatic carbocycles. The van der Waals surface area contributed by atoms with Gasteiger partial charge < -0.3 is 5.11 Å². The quantitative estimate of drug-likeness (QED) is 0.830. The van der Waals surface area contributed by atoms with Crippen molar-refractivity contribution in [3.05, 3.63) is 33.9 Å². The lowest BCUT2D eigenvalue weighted by Crippen LogP contribution is -2.16. The van der Waals surface area contributed by atoms with Crippen molar-refractivity contribution in [2.75, 3.05) is 4.72 Å². The molecule has 0 radical (unpaired) electrons. The van der Waals surface area contributed by atoms with Crippen molar-refractivity contribution in [2.45, 2.75) is 4.90 Å². The molecule has 2 aromatic heterocycles. The fourth-order valence-electron chi connectivity index (χ4n) is 1.25. The molecule has 2 rings (SSSR count). The topological polar surface area (TPSA) is 109 Å². The summed E-state index contributed by atoms with van der Waals surface area (Å²) in [4.78, 5) is 17.6. The third-order valence-corrected chi connectivity index (χ3v) is 4.62. The maximum absolute atomic E-state index is 12.0. The number of hydrogen-bond donors (Lipinski definition) is 2. The number of carboxylic acid groups (broad SMARTS) is 1. The Kier molecular flexibility index (Phi) is 3.69. The van der Waals surface area contributed by atoms with Gasteiger partial charge in [-0.25, -0.2) is 23.2 Å². The summed E-state index contributed by atoms with van der Waals surface area (Å²) in [6.45, 7) is 0. The van der Waals surface area contributed by atoms with Crippen LogP contribution in [0.3, 0.4) is 0 Å². The van der Waals surface area contributed by atoms with Gasteiger partial charge in [-0.1, -0.05) is 11.6 Å². The standard InChI is InChI=1S/C9H6ClN3O4S2/c10-6-3-7(12-4-11-6)13-19(16,17)5-1-2-18-8(5)9(14)15/h1-4H,(H,14,15)(H,11,12,13). The second-order valence-corrected chi connectivity index (χ2v) is 6.20. The van der Waals surface area contributed by atoms with Crippen LogP contribution in [0.1, 0.15) is 9.67 Å². The summed E-state index contributed by atoms with van der Waals surface area (Å²) in [6.07, 6.45) is 1.09. The van der Waals surface area contributed by atoms with E-state index in [1.54, 1.807) is 0 Å². The molecule has 19 heavy (non-hydrogen) atoms. The van der Waals surface area contributed by atoms with Gasteiger partial charge >= 0.3 is 5.97 Å². The van der Waals surface area contributed by atoms with Crippen LogP contribution in [0.15, 0.2) is 28.7 Å². The first kappa shape index (κ1) is 13.7. The van der Waals surface area contributed by atoms with Crippen LogP contribution in [-0.4, -0.2) is 29.5 Å². The summed E-state index contributed by atoms with van der Waals surface area (Å²) < 4.78 is 26.2. The zero-order valence-electron chi connectivity index (χ0n) is 9.07. The minimum absolute atomic E-state index is 0.0393. The average molecular weight is 320 g/mol. The predicted octanol–water partition coefficient (Wildman–Crippen LogP) is 1.69. The molecule has 0 amide bonds. The molecule has 0 unspecified atom stereocenters. The molecule has 0 atom stereocenters. The molecule has 0 aliphatic rings.